The Morgan fingerprint density at radius 1 is 1.50 bits per heavy atom. The Kier molecular flexibility index (Phi) is 9.21. The first kappa shape index (κ1) is 12.1. The molecule has 0 aliphatic rings. The number of halogens is 1. The van der Waals surface area contributed by atoms with Crippen molar-refractivity contribution in [3.05, 3.63) is 0 Å². The van der Waals surface area contributed by atoms with Gasteiger partial charge < -0.3 is 0 Å². The Morgan fingerprint density at radius 2 is 2.25 bits per heavy atom. The molecule has 72 valence electrons. The van der Waals surface area contributed by atoms with Crippen LogP contribution in [0.25, 0.3) is 0 Å². The van der Waals surface area contributed by atoms with Gasteiger partial charge in [0.2, 0.25) is 0 Å². The van der Waals surface area contributed by atoms with Crippen LogP contribution in [-0.2, 0) is 9.78 Å². The van der Waals surface area contributed by atoms with Gasteiger partial charge in [-0.15, -0.1) is 11.6 Å². The fourth-order valence-electron chi connectivity index (χ4n) is 0.487. The molecular formula is C7H13ClO3S. The number of alkyl halides is 1. The standard InChI is InChI=1S/C7H13ClO3S/c1-2-12-7(9)11-10-6-4-3-5-8/h2-6H2,1H3. The number of rotatable bonds is 6. The zero-order chi connectivity index (χ0) is 9.23. The van der Waals surface area contributed by atoms with Gasteiger partial charge in [-0.2, -0.15) is 4.89 Å². The second-order valence-electron chi connectivity index (χ2n) is 1.98. The van der Waals surface area contributed by atoms with Crippen molar-refractivity contribution in [1.29, 1.82) is 0 Å². The van der Waals surface area contributed by atoms with E-state index >= 15 is 0 Å². The van der Waals surface area contributed by atoms with Gasteiger partial charge in [0.25, 0.3) is 0 Å². The maximum atomic E-state index is 10.7. The normalized spacial score (nSPS) is 9.83. The van der Waals surface area contributed by atoms with Crippen molar-refractivity contribution in [3.8, 4) is 0 Å². The van der Waals surface area contributed by atoms with Gasteiger partial charge in [-0.05, 0) is 24.6 Å². The SMILES string of the molecule is CCSC(=O)OOCCCCCl. The van der Waals surface area contributed by atoms with Crippen LogP contribution in [0, 0.1) is 0 Å². The van der Waals surface area contributed by atoms with E-state index in [1.165, 1.54) is 0 Å². The van der Waals surface area contributed by atoms with Crippen LogP contribution >= 0.6 is 23.4 Å². The molecule has 0 bridgehead atoms. The molecule has 0 aliphatic heterocycles. The number of carbonyl (C=O) groups is 1. The Labute approximate surface area is 81.7 Å². The molecule has 0 saturated carbocycles. The van der Waals surface area contributed by atoms with Gasteiger partial charge in [-0.25, -0.2) is 4.79 Å². The predicted octanol–water partition coefficient (Wildman–Crippen LogP) is 2.83. The average molecular weight is 213 g/mol. The lowest BCUT2D eigenvalue weighted by atomic mass is 10.4. The number of unbranched alkanes of at least 4 members (excludes halogenated alkanes) is 1. The molecule has 0 fully saturated rings. The van der Waals surface area contributed by atoms with Gasteiger partial charge in [0.05, 0.1) is 6.61 Å². The Hall–Kier alpha value is 0.0700. The molecule has 5 heteroatoms. The van der Waals surface area contributed by atoms with E-state index in [4.69, 9.17) is 11.6 Å². The highest BCUT2D eigenvalue weighted by Crippen LogP contribution is 2.04. The molecule has 0 rings (SSSR count). The van der Waals surface area contributed by atoms with Crippen LogP contribution in [-0.4, -0.2) is 23.5 Å². The van der Waals surface area contributed by atoms with E-state index in [2.05, 4.69) is 9.78 Å². The molecule has 0 saturated heterocycles. The second-order valence-corrected chi connectivity index (χ2v) is 3.56. The van der Waals surface area contributed by atoms with Crippen molar-refractivity contribution in [2.45, 2.75) is 19.8 Å². The number of thioether (sulfide) groups is 1. The maximum absolute atomic E-state index is 10.7. The van der Waals surface area contributed by atoms with Crippen LogP contribution < -0.4 is 0 Å². The third-order valence-corrected chi connectivity index (χ3v) is 1.86. The van der Waals surface area contributed by atoms with Gasteiger partial charge in [-0.1, -0.05) is 6.92 Å². The molecule has 0 N–H and O–H groups in total. The summed E-state index contributed by atoms with van der Waals surface area (Å²) in [5, 5.41) is -0.386. The van der Waals surface area contributed by atoms with E-state index in [9.17, 15) is 4.79 Å². The molecule has 3 nitrogen and oxygen atoms in total. The first-order valence-electron chi connectivity index (χ1n) is 3.83. The fraction of sp³-hybridized carbons (Fsp3) is 0.857. The lowest BCUT2D eigenvalue weighted by molar-refractivity contribution is -0.230. The zero-order valence-corrected chi connectivity index (χ0v) is 8.62. The molecule has 0 spiro atoms. The van der Waals surface area contributed by atoms with Crippen LogP contribution in [0.2, 0.25) is 0 Å². The Morgan fingerprint density at radius 3 is 2.83 bits per heavy atom. The van der Waals surface area contributed by atoms with Crippen LogP contribution in [0.15, 0.2) is 0 Å². The maximum Gasteiger partial charge on any atom is 0.400 e. The highest BCUT2D eigenvalue weighted by atomic mass is 35.5. The Bertz CT molecular complexity index is 121. The highest BCUT2D eigenvalue weighted by Gasteiger charge is 2.01. The average Bonchev–Trinajstić information content (AvgIpc) is 2.05. The van der Waals surface area contributed by atoms with E-state index in [0.29, 0.717) is 18.2 Å². The third kappa shape index (κ3) is 8.17. The predicted molar refractivity (Wildman–Crippen MR) is 50.5 cm³/mol. The molecule has 0 aromatic rings. The van der Waals surface area contributed by atoms with Crippen molar-refractivity contribution in [1.82, 2.24) is 0 Å². The monoisotopic (exact) mass is 212 g/mol. The van der Waals surface area contributed by atoms with Gasteiger partial charge in [0.15, 0.2) is 0 Å². The largest absolute Gasteiger partial charge is 0.400 e. The quantitative estimate of drug-likeness (QED) is 0.294. The minimum Gasteiger partial charge on any atom is -0.286 e. The minimum atomic E-state index is -0.386. The van der Waals surface area contributed by atoms with Gasteiger partial charge in [0, 0.05) is 11.6 Å². The molecule has 0 aromatic heterocycles. The molecule has 12 heavy (non-hydrogen) atoms. The summed E-state index contributed by atoms with van der Waals surface area (Å²) in [6.07, 6.45) is 1.69. The molecule has 0 unspecified atom stereocenters. The van der Waals surface area contributed by atoms with Crippen LogP contribution in [0.5, 0.6) is 0 Å². The smallest absolute Gasteiger partial charge is 0.286 e. The van der Waals surface area contributed by atoms with Crippen LogP contribution in [0.1, 0.15) is 19.8 Å². The van der Waals surface area contributed by atoms with E-state index < -0.39 is 0 Å². The number of carbonyl (C=O) groups excluding carboxylic acids is 1. The molecule has 0 aliphatic carbocycles. The van der Waals surface area contributed by atoms with Crippen LogP contribution in [0.4, 0.5) is 4.79 Å². The van der Waals surface area contributed by atoms with Crippen LogP contribution in [0.3, 0.4) is 0 Å². The summed E-state index contributed by atoms with van der Waals surface area (Å²) < 4.78 is 0. The highest BCUT2D eigenvalue weighted by molar-refractivity contribution is 8.13. The molecular weight excluding hydrogens is 200 g/mol. The summed E-state index contributed by atoms with van der Waals surface area (Å²) in [5.41, 5.74) is 0. The molecule has 0 atom stereocenters. The van der Waals surface area contributed by atoms with Crippen molar-refractivity contribution < 1.29 is 14.6 Å². The first-order valence-corrected chi connectivity index (χ1v) is 5.35. The minimum absolute atomic E-state index is 0.386. The summed E-state index contributed by atoms with van der Waals surface area (Å²) in [6.45, 7) is 2.29. The number of hydrogen-bond acceptors (Lipinski definition) is 4. The summed E-state index contributed by atoms with van der Waals surface area (Å²) in [5.74, 6) is 1.31. The van der Waals surface area contributed by atoms with Crippen molar-refractivity contribution in [2.75, 3.05) is 18.2 Å². The van der Waals surface area contributed by atoms with E-state index in [1.807, 2.05) is 6.92 Å². The van der Waals surface area contributed by atoms with Crippen molar-refractivity contribution in [2.24, 2.45) is 0 Å². The van der Waals surface area contributed by atoms with E-state index in [1.54, 1.807) is 0 Å². The van der Waals surface area contributed by atoms with Gasteiger partial charge in [0.1, 0.15) is 0 Å². The summed E-state index contributed by atoms with van der Waals surface area (Å²) in [4.78, 5) is 19.7. The van der Waals surface area contributed by atoms with Crippen molar-refractivity contribution >= 4 is 28.7 Å². The molecule has 0 aromatic carbocycles. The summed E-state index contributed by atoms with van der Waals surface area (Å²) in [6, 6.07) is 0. The second kappa shape index (κ2) is 9.16. The lowest BCUT2D eigenvalue weighted by Crippen LogP contribution is -2.01. The molecule has 0 amide bonds. The molecule has 0 heterocycles. The first-order chi connectivity index (χ1) is 5.81. The van der Waals surface area contributed by atoms with Gasteiger partial charge in [-0.3, -0.25) is 4.89 Å². The Balaban J connectivity index is 3.03. The third-order valence-electron chi connectivity index (χ3n) is 1.00. The zero-order valence-electron chi connectivity index (χ0n) is 7.05. The summed E-state index contributed by atoms with van der Waals surface area (Å²) in [7, 11) is 0. The lowest BCUT2D eigenvalue weighted by Gasteiger charge is -2.00. The molecule has 0 radical (unpaired) electrons. The fourth-order valence-corrected chi connectivity index (χ4v) is 1.01. The van der Waals surface area contributed by atoms with E-state index in [-0.39, 0.29) is 5.30 Å². The van der Waals surface area contributed by atoms with Crippen molar-refractivity contribution in [3.63, 3.8) is 0 Å². The topological polar surface area (TPSA) is 35.5 Å². The number of hydrogen-bond donors (Lipinski definition) is 0. The van der Waals surface area contributed by atoms with E-state index in [0.717, 1.165) is 24.6 Å². The summed E-state index contributed by atoms with van der Waals surface area (Å²) >= 11 is 6.51. The van der Waals surface area contributed by atoms with Gasteiger partial charge >= 0.3 is 5.30 Å².